The summed E-state index contributed by atoms with van der Waals surface area (Å²) in [5.41, 5.74) is 5.50. The molecule has 2 aromatic carbocycles. The molecule has 34 heavy (non-hydrogen) atoms. The Hall–Kier alpha value is -3.58. The molecule has 1 aliphatic rings. The van der Waals surface area contributed by atoms with Crippen LogP contribution in [-0.2, 0) is 14.3 Å². The third kappa shape index (κ3) is 4.07. The topological polar surface area (TPSA) is 60.8 Å². The van der Waals surface area contributed by atoms with Gasteiger partial charge in [0, 0.05) is 33.3 Å². The molecule has 1 aromatic heterocycles. The third-order valence-corrected chi connectivity index (χ3v) is 6.43. The summed E-state index contributed by atoms with van der Waals surface area (Å²) < 4.78 is 13.5. The number of hydrogen-bond donors (Lipinski definition) is 0. The van der Waals surface area contributed by atoms with Gasteiger partial charge in [-0.2, -0.15) is 0 Å². The van der Waals surface area contributed by atoms with Crippen LogP contribution in [0.3, 0.4) is 0 Å². The number of benzene rings is 2. The normalized spacial score (nSPS) is 14.8. The zero-order valence-electron chi connectivity index (χ0n) is 19.7. The number of allylic oxidation sites excluding steroid dienone is 1. The van der Waals surface area contributed by atoms with Crippen LogP contribution in [0.15, 0.2) is 75.9 Å². The Bertz CT molecular complexity index is 1370. The van der Waals surface area contributed by atoms with Gasteiger partial charge in [-0.3, -0.25) is 9.69 Å². The number of hydrogen-bond acceptors (Lipinski definition) is 4. The Kier molecular flexibility index (Phi) is 6.48. The van der Waals surface area contributed by atoms with E-state index in [0.717, 1.165) is 27.1 Å². The summed E-state index contributed by atoms with van der Waals surface area (Å²) >= 11 is 3.53. The summed E-state index contributed by atoms with van der Waals surface area (Å²) in [4.78, 5) is 27.9. The number of esters is 1. The van der Waals surface area contributed by atoms with Crippen LogP contribution in [0.2, 0.25) is 0 Å². The lowest BCUT2D eigenvalue weighted by atomic mass is 10.0. The van der Waals surface area contributed by atoms with Crippen LogP contribution in [0.4, 0.5) is 5.69 Å². The molecule has 0 unspecified atom stereocenters. The molecule has 2 heterocycles. The second-order valence-electron chi connectivity index (χ2n) is 7.99. The van der Waals surface area contributed by atoms with Crippen molar-refractivity contribution in [2.75, 3.05) is 19.1 Å². The van der Waals surface area contributed by atoms with Gasteiger partial charge in [0.25, 0.3) is 5.91 Å². The number of carbonyl (C=O) groups is 2. The fourth-order valence-electron chi connectivity index (χ4n) is 4.34. The molecule has 7 heteroatoms. The molecular formula is C27H25BrN2O4. The van der Waals surface area contributed by atoms with E-state index in [1.807, 2.05) is 44.2 Å². The molecule has 0 saturated heterocycles. The molecule has 6 nitrogen and oxygen atoms in total. The predicted octanol–water partition coefficient (Wildman–Crippen LogP) is 5.74. The van der Waals surface area contributed by atoms with Gasteiger partial charge in [0.1, 0.15) is 5.75 Å². The molecule has 0 aliphatic carbocycles. The average Bonchev–Trinajstić information content (AvgIpc) is 3.24. The molecule has 0 N–H and O–H groups in total. The molecule has 0 saturated carbocycles. The highest BCUT2D eigenvalue weighted by atomic mass is 79.9. The second kappa shape index (κ2) is 9.35. The van der Waals surface area contributed by atoms with Crippen molar-refractivity contribution in [1.29, 1.82) is 0 Å². The number of nitrogens with zero attached hydrogens (tertiary/aromatic N) is 2. The summed E-state index contributed by atoms with van der Waals surface area (Å²) in [6.45, 7) is 5.75. The molecule has 0 spiro atoms. The van der Waals surface area contributed by atoms with Crippen molar-refractivity contribution in [2.24, 2.45) is 0 Å². The average molecular weight is 521 g/mol. The Morgan fingerprint density at radius 2 is 1.68 bits per heavy atom. The monoisotopic (exact) mass is 520 g/mol. The van der Waals surface area contributed by atoms with Crippen molar-refractivity contribution >= 4 is 39.6 Å². The molecule has 1 amide bonds. The number of rotatable bonds is 5. The zero-order valence-corrected chi connectivity index (χ0v) is 21.3. The van der Waals surface area contributed by atoms with Gasteiger partial charge in [-0.1, -0.05) is 28.1 Å². The van der Waals surface area contributed by atoms with Crippen molar-refractivity contribution in [3.8, 4) is 11.4 Å². The Morgan fingerprint density at radius 3 is 2.35 bits per heavy atom. The quantitative estimate of drug-likeness (QED) is 0.317. The first kappa shape index (κ1) is 23.6. The lowest BCUT2D eigenvalue weighted by molar-refractivity contribution is -0.136. The van der Waals surface area contributed by atoms with Gasteiger partial charge in [0.2, 0.25) is 0 Å². The standard InChI is InChI=1S/C27H25BrN2O4/c1-16-12-19(17(2)29(16)21-9-6-8-20(28)14-21)13-24-25(27(32)34-5)18(3)30(26(24)31)22-10-7-11-23(15-22)33-4/h6-15H,1-5H3/b24-13-. The molecular weight excluding hydrogens is 496 g/mol. The first-order valence-corrected chi connectivity index (χ1v) is 11.5. The van der Waals surface area contributed by atoms with Gasteiger partial charge in [0.15, 0.2) is 0 Å². The van der Waals surface area contributed by atoms with E-state index < -0.39 is 5.97 Å². The number of methoxy groups -OCH3 is 2. The van der Waals surface area contributed by atoms with E-state index in [4.69, 9.17) is 9.47 Å². The van der Waals surface area contributed by atoms with Crippen LogP contribution >= 0.6 is 15.9 Å². The zero-order chi connectivity index (χ0) is 24.6. The van der Waals surface area contributed by atoms with Gasteiger partial charge in [0.05, 0.1) is 31.1 Å². The van der Waals surface area contributed by atoms with E-state index in [1.165, 1.54) is 12.0 Å². The fraction of sp³-hybridized carbons (Fsp3) is 0.185. The molecule has 0 bridgehead atoms. The van der Waals surface area contributed by atoms with Crippen molar-refractivity contribution in [1.82, 2.24) is 4.57 Å². The van der Waals surface area contributed by atoms with Crippen LogP contribution in [0.5, 0.6) is 5.75 Å². The van der Waals surface area contributed by atoms with Gasteiger partial charge in [-0.15, -0.1) is 0 Å². The van der Waals surface area contributed by atoms with Crippen LogP contribution in [0, 0.1) is 13.8 Å². The van der Waals surface area contributed by atoms with E-state index in [-0.39, 0.29) is 11.5 Å². The maximum absolute atomic E-state index is 13.6. The Morgan fingerprint density at radius 1 is 0.971 bits per heavy atom. The number of aromatic nitrogens is 1. The molecule has 4 rings (SSSR count). The van der Waals surface area contributed by atoms with Gasteiger partial charge in [-0.05, 0) is 68.8 Å². The number of amides is 1. The highest BCUT2D eigenvalue weighted by molar-refractivity contribution is 9.10. The lowest BCUT2D eigenvalue weighted by Gasteiger charge is -2.18. The van der Waals surface area contributed by atoms with Crippen molar-refractivity contribution in [3.05, 3.63) is 92.9 Å². The van der Waals surface area contributed by atoms with Crippen molar-refractivity contribution < 1.29 is 19.1 Å². The van der Waals surface area contributed by atoms with Gasteiger partial charge < -0.3 is 14.0 Å². The van der Waals surface area contributed by atoms with Gasteiger partial charge in [-0.25, -0.2) is 4.79 Å². The van der Waals surface area contributed by atoms with E-state index in [1.54, 1.807) is 44.4 Å². The number of ether oxygens (including phenoxy) is 2. The molecule has 3 aromatic rings. The van der Waals surface area contributed by atoms with Gasteiger partial charge >= 0.3 is 5.97 Å². The number of halogens is 1. The van der Waals surface area contributed by atoms with Crippen LogP contribution in [-0.4, -0.2) is 30.7 Å². The van der Waals surface area contributed by atoms with Crippen LogP contribution in [0.25, 0.3) is 11.8 Å². The molecule has 174 valence electrons. The van der Waals surface area contributed by atoms with E-state index in [9.17, 15) is 9.59 Å². The highest BCUT2D eigenvalue weighted by Crippen LogP contribution is 2.37. The van der Waals surface area contributed by atoms with E-state index in [2.05, 4.69) is 20.5 Å². The maximum atomic E-state index is 13.6. The molecule has 0 atom stereocenters. The molecule has 0 radical (unpaired) electrons. The third-order valence-electron chi connectivity index (χ3n) is 5.94. The first-order valence-electron chi connectivity index (χ1n) is 10.7. The van der Waals surface area contributed by atoms with E-state index in [0.29, 0.717) is 22.7 Å². The highest BCUT2D eigenvalue weighted by Gasteiger charge is 2.38. The number of aryl methyl sites for hydroxylation is 1. The Labute approximate surface area is 207 Å². The fourth-order valence-corrected chi connectivity index (χ4v) is 4.73. The number of carbonyl (C=O) groups excluding carboxylic acids is 2. The molecule has 0 fully saturated rings. The largest absolute Gasteiger partial charge is 0.497 e. The van der Waals surface area contributed by atoms with E-state index >= 15 is 0 Å². The lowest BCUT2D eigenvalue weighted by Crippen LogP contribution is -2.24. The second-order valence-corrected chi connectivity index (χ2v) is 8.91. The molecule has 1 aliphatic heterocycles. The van der Waals surface area contributed by atoms with Crippen LogP contribution < -0.4 is 9.64 Å². The summed E-state index contributed by atoms with van der Waals surface area (Å²) in [7, 11) is 2.89. The van der Waals surface area contributed by atoms with Crippen LogP contribution in [0.1, 0.15) is 23.9 Å². The summed E-state index contributed by atoms with van der Waals surface area (Å²) in [6.07, 6.45) is 1.77. The Balaban J connectivity index is 1.85. The van der Waals surface area contributed by atoms with Crippen molar-refractivity contribution in [3.63, 3.8) is 0 Å². The minimum absolute atomic E-state index is 0.252. The summed E-state index contributed by atoms with van der Waals surface area (Å²) in [6, 6.07) is 17.2. The van der Waals surface area contributed by atoms with Crippen molar-refractivity contribution in [2.45, 2.75) is 20.8 Å². The maximum Gasteiger partial charge on any atom is 0.340 e. The predicted molar refractivity (Wildman–Crippen MR) is 136 cm³/mol. The SMILES string of the molecule is COC(=O)C1=C(C)N(c2cccc(OC)c2)C(=O)/C1=C\c1cc(C)n(-c2cccc(Br)c2)c1C. The minimum Gasteiger partial charge on any atom is -0.497 e. The summed E-state index contributed by atoms with van der Waals surface area (Å²) in [5, 5.41) is 0. The number of anilines is 1. The smallest absolute Gasteiger partial charge is 0.340 e. The minimum atomic E-state index is -0.553. The summed E-state index contributed by atoms with van der Waals surface area (Å²) in [5.74, 6) is -0.227. The first-order chi connectivity index (χ1) is 16.3.